The summed E-state index contributed by atoms with van der Waals surface area (Å²) < 4.78 is 5.51. The summed E-state index contributed by atoms with van der Waals surface area (Å²) >= 11 is 0. The van der Waals surface area contributed by atoms with Gasteiger partial charge in [0.05, 0.1) is 12.4 Å². The van der Waals surface area contributed by atoms with E-state index in [4.69, 9.17) is 4.74 Å². The molecule has 64 valence electrons. The van der Waals surface area contributed by atoms with Gasteiger partial charge in [-0.3, -0.25) is 9.88 Å². The predicted molar refractivity (Wildman–Crippen MR) is 45.6 cm³/mol. The highest BCUT2D eigenvalue weighted by molar-refractivity contribution is 5.08. The molecule has 0 spiro atoms. The standard InChI is InChI=1S/C9H12N2O/c1-11-6-9(12-7-11)8-4-2-3-5-10-8/h2-5,9H,6-7H2,1H3/t9-/m0/s1. The maximum atomic E-state index is 5.51. The van der Waals surface area contributed by atoms with Gasteiger partial charge in [-0.2, -0.15) is 0 Å². The van der Waals surface area contributed by atoms with Gasteiger partial charge in [-0.05, 0) is 19.2 Å². The number of hydrogen-bond acceptors (Lipinski definition) is 3. The predicted octanol–water partition coefficient (Wildman–Crippen LogP) is 1.04. The average Bonchev–Trinajstić information content (AvgIpc) is 2.54. The third-order valence-electron chi connectivity index (χ3n) is 1.99. The van der Waals surface area contributed by atoms with Crippen LogP contribution in [0.15, 0.2) is 24.4 Å². The van der Waals surface area contributed by atoms with Gasteiger partial charge in [0.1, 0.15) is 6.10 Å². The molecule has 1 atom stereocenters. The number of rotatable bonds is 1. The minimum absolute atomic E-state index is 0.163. The number of hydrogen-bond donors (Lipinski definition) is 0. The monoisotopic (exact) mass is 164 g/mol. The Morgan fingerprint density at radius 2 is 2.50 bits per heavy atom. The molecule has 1 aliphatic heterocycles. The molecular formula is C9H12N2O. The molecule has 12 heavy (non-hydrogen) atoms. The summed E-state index contributed by atoms with van der Waals surface area (Å²) in [5.74, 6) is 0. The quantitative estimate of drug-likeness (QED) is 0.620. The highest BCUT2D eigenvalue weighted by Crippen LogP contribution is 2.20. The number of ether oxygens (including phenoxy) is 1. The zero-order valence-corrected chi connectivity index (χ0v) is 7.10. The third-order valence-corrected chi connectivity index (χ3v) is 1.99. The minimum Gasteiger partial charge on any atom is -0.355 e. The van der Waals surface area contributed by atoms with E-state index in [1.165, 1.54) is 0 Å². The molecule has 0 bridgehead atoms. The molecule has 0 saturated carbocycles. The first-order chi connectivity index (χ1) is 5.86. The fourth-order valence-electron chi connectivity index (χ4n) is 1.35. The normalized spacial score (nSPS) is 24.6. The van der Waals surface area contributed by atoms with Crippen molar-refractivity contribution < 1.29 is 4.74 Å². The van der Waals surface area contributed by atoms with Crippen molar-refractivity contribution in [3.8, 4) is 0 Å². The average molecular weight is 164 g/mol. The Kier molecular flexibility index (Phi) is 2.06. The van der Waals surface area contributed by atoms with Gasteiger partial charge in [-0.15, -0.1) is 0 Å². The summed E-state index contributed by atoms with van der Waals surface area (Å²) in [5, 5.41) is 0. The Labute approximate surface area is 72.0 Å². The van der Waals surface area contributed by atoms with Gasteiger partial charge in [0.15, 0.2) is 0 Å². The second-order valence-electron chi connectivity index (χ2n) is 3.08. The summed E-state index contributed by atoms with van der Waals surface area (Å²) in [5.41, 5.74) is 1.03. The molecule has 0 aliphatic carbocycles. The van der Waals surface area contributed by atoms with Crippen LogP contribution in [-0.2, 0) is 4.74 Å². The zero-order chi connectivity index (χ0) is 8.39. The van der Waals surface area contributed by atoms with E-state index in [2.05, 4.69) is 9.88 Å². The Balaban J connectivity index is 2.11. The van der Waals surface area contributed by atoms with E-state index in [0.29, 0.717) is 6.73 Å². The van der Waals surface area contributed by atoms with Crippen LogP contribution in [0.1, 0.15) is 11.8 Å². The molecule has 1 aromatic heterocycles. The highest BCUT2D eigenvalue weighted by Gasteiger charge is 2.22. The van der Waals surface area contributed by atoms with Gasteiger partial charge in [-0.25, -0.2) is 0 Å². The van der Waals surface area contributed by atoms with Crippen LogP contribution in [-0.4, -0.2) is 30.2 Å². The van der Waals surface area contributed by atoms with Crippen LogP contribution in [0.3, 0.4) is 0 Å². The number of likely N-dealkylation sites (N-methyl/N-ethyl adjacent to an activating group) is 1. The van der Waals surface area contributed by atoms with Crippen LogP contribution < -0.4 is 0 Å². The van der Waals surface area contributed by atoms with Gasteiger partial charge < -0.3 is 4.74 Å². The van der Waals surface area contributed by atoms with Crippen molar-refractivity contribution >= 4 is 0 Å². The second kappa shape index (κ2) is 3.21. The van der Waals surface area contributed by atoms with E-state index in [9.17, 15) is 0 Å². The molecule has 3 nitrogen and oxygen atoms in total. The fourth-order valence-corrected chi connectivity index (χ4v) is 1.35. The molecule has 1 aliphatic rings. The lowest BCUT2D eigenvalue weighted by Crippen LogP contribution is -2.13. The lowest BCUT2D eigenvalue weighted by Gasteiger charge is -2.06. The summed E-state index contributed by atoms with van der Waals surface area (Å²) in [6.07, 6.45) is 1.97. The van der Waals surface area contributed by atoms with Crippen molar-refractivity contribution in [1.82, 2.24) is 9.88 Å². The van der Waals surface area contributed by atoms with Crippen LogP contribution in [0.5, 0.6) is 0 Å². The van der Waals surface area contributed by atoms with Crippen LogP contribution in [0.2, 0.25) is 0 Å². The summed E-state index contributed by atoms with van der Waals surface area (Å²) in [6, 6.07) is 5.91. The molecule has 3 heteroatoms. The molecule has 1 aromatic rings. The first-order valence-corrected chi connectivity index (χ1v) is 4.07. The molecule has 1 fully saturated rings. The van der Waals surface area contributed by atoms with Gasteiger partial charge in [0, 0.05) is 12.7 Å². The minimum atomic E-state index is 0.163. The van der Waals surface area contributed by atoms with Gasteiger partial charge in [0.25, 0.3) is 0 Å². The maximum absolute atomic E-state index is 5.51. The summed E-state index contributed by atoms with van der Waals surface area (Å²) in [6.45, 7) is 1.65. The Hall–Kier alpha value is -0.930. The molecule has 0 N–H and O–H groups in total. The zero-order valence-electron chi connectivity index (χ0n) is 7.10. The van der Waals surface area contributed by atoms with Gasteiger partial charge in [0.2, 0.25) is 0 Å². The molecule has 2 rings (SSSR count). The van der Waals surface area contributed by atoms with Crippen molar-refractivity contribution in [2.45, 2.75) is 6.10 Å². The number of aromatic nitrogens is 1. The van der Waals surface area contributed by atoms with E-state index in [-0.39, 0.29) is 6.10 Å². The third kappa shape index (κ3) is 1.47. The number of pyridine rings is 1. The molecule has 2 heterocycles. The lowest BCUT2D eigenvalue weighted by atomic mass is 10.2. The maximum Gasteiger partial charge on any atom is 0.114 e. The van der Waals surface area contributed by atoms with Crippen LogP contribution in [0.4, 0.5) is 0 Å². The SMILES string of the molecule is CN1CO[C@H](c2ccccn2)C1. The Morgan fingerprint density at radius 3 is 3.08 bits per heavy atom. The van der Waals surface area contributed by atoms with E-state index < -0.39 is 0 Å². The van der Waals surface area contributed by atoms with E-state index in [0.717, 1.165) is 12.2 Å². The first-order valence-electron chi connectivity index (χ1n) is 4.07. The van der Waals surface area contributed by atoms with Crippen molar-refractivity contribution in [3.63, 3.8) is 0 Å². The molecule has 0 unspecified atom stereocenters. The second-order valence-corrected chi connectivity index (χ2v) is 3.08. The van der Waals surface area contributed by atoms with Gasteiger partial charge in [-0.1, -0.05) is 6.07 Å². The molecule has 0 aromatic carbocycles. The molecular weight excluding hydrogens is 152 g/mol. The Bertz CT molecular complexity index is 250. The molecule has 1 saturated heterocycles. The van der Waals surface area contributed by atoms with Crippen molar-refractivity contribution in [1.29, 1.82) is 0 Å². The van der Waals surface area contributed by atoms with Crippen LogP contribution in [0, 0.1) is 0 Å². The van der Waals surface area contributed by atoms with E-state index >= 15 is 0 Å². The summed E-state index contributed by atoms with van der Waals surface area (Å²) in [4.78, 5) is 6.38. The highest BCUT2D eigenvalue weighted by atomic mass is 16.5. The number of nitrogens with zero attached hydrogens (tertiary/aromatic N) is 2. The van der Waals surface area contributed by atoms with Crippen molar-refractivity contribution in [2.75, 3.05) is 20.3 Å². The smallest absolute Gasteiger partial charge is 0.114 e. The van der Waals surface area contributed by atoms with Gasteiger partial charge >= 0.3 is 0 Å². The summed E-state index contributed by atoms with van der Waals surface area (Å²) in [7, 11) is 2.04. The largest absolute Gasteiger partial charge is 0.355 e. The lowest BCUT2D eigenvalue weighted by molar-refractivity contribution is 0.0931. The van der Waals surface area contributed by atoms with E-state index in [1.807, 2.05) is 25.2 Å². The first kappa shape index (κ1) is 7.71. The van der Waals surface area contributed by atoms with Crippen LogP contribution >= 0.6 is 0 Å². The Morgan fingerprint density at radius 1 is 1.58 bits per heavy atom. The molecule has 0 amide bonds. The molecule has 0 radical (unpaired) electrons. The van der Waals surface area contributed by atoms with E-state index in [1.54, 1.807) is 6.20 Å². The fraction of sp³-hybridized carbons (Fsp3) is 0.444. The van der Waals surface area contributed by atoms with Crippen molar-refractivity contribution in [2.24, 2.45) is 0 Å². The topological polar surface area (TPSA) is 25.4 Å². The van der Waals surface area contributed by atoms with Crippen LogP contribution in [0.25, 0.3) is 0 Å². The van der Waals surface area contributed by atoms with Crippen molar-refractivity contribution in [3.05, 3.63) is 30.1 Å².